The number of nitrogens with zero attached hydrogens (tertiary/aromatic N) is 5. The van der Waals surface area contributed by atoms with Crippen LogP contribution in [0.2, 0.25) is 0 Å². The minimum atomic E-state index is -4.76. The molecule has 3 heterocycles. The average molecular weight is 638 g/mol. The molecule has 0 bridgehead atoms. The van der Waals surface area contributed by atoms with Crippen LogP contribution >= 0.6 is 0 Å². The number of hydrogen-bond acceptors (Lipinski definition) is 8. The van der Waals surface area contributed by atoms with E-state index in [9.17, 15) is 34.8 Å². The molecule has 2 aromatic rings. The molecule has 2 aliphatic heterocycles. The van der Waals surface area contributed by atoms with Crippen molar-refractivity contribution in [3.8, 4) is 0 Å². The lowest BCUT2D eigenvalue weighted by Crippen LogP contribution is -2.61. The molecule has 1 aromatic carbocycles. The largest absolute Gasteiger partial charge is 0.421 e. The van der Waals surface area contributed by atoms with E-state index in [0.29, 0.717) is 19.0 Å². The summed E-state index contributed by atoms with van der Waals surface area (Å²) in [6, 6.07) is 3.08. The zero-order valence-corrected chi connectivity index (χ0v) is 25.7. The molecule has 16 heteroatoms. The zero-order valence-electron chi connectivity index (χ0n) is 24.9. The molecular weight excluding hydrogens is 600 g/mol. The van der Waals surface area contributed by atoms with E-state index in [1.54, 1.807) is 0 Å². The summed E-state index contributed by atoms with van der Waals surface area (Å²) in [5, 5.41) is 5.57. The maximum absolute atomic E-state index is 14.1. The molecule has 240 valence electrons. The van der Waals surface area contributed by atoms with Crippen molar-refractivity contribution < 1.29 is 34.8 Å². The fourth-order valence-electron chi connectivity index (χ4n) is 5.93. The van der Waals surface area contributed by atoms with E-state index in [2.05, 4.69) is 25.5 Å². The quantitative estimate of drug-likeness (QED) is 0.407. The van der Waals surface area contributed by atoms with E-state index >= 15 is 0 Å². The molecule has 0 radical (unpaired) electrons. The third kappa shape index (κ3) is 7.45. The number of benzene rings is 1. The van der Waals surface area contributed by atoms with Gasteiger partial charge in [0.25, 0.3) is 0 Å². The van der Waals surface area contributed by atoms with Gasteiger partial charge in [-0.25, -0.2) is 13.4 Å². The van der Waals surface area contributed by atoms with E-state index in [4.69, 9.17) is 0 Å². The molecule has 2 saturated heterocycles. The van der Waals surface area contributed by atoms with Crippen molar-refractivity contribution in [2.45, 2.75) is 70.0 Å². The van der Waals surface area contributed by atoms with Gasteiger partial charge in [0.15, 0.2) is 0 Å². The standard InChI is InChI=1S/C27H37F6N7O2S/c1-24(2)14-18(15-25(3,4)38(24)5)35-22-20(27(31,32)33)16-34-23(37-22)36-17-7-8-21(19(13-17)26(28,29)30)39-9-11-40(12-10-39)43(6,41)42/h7-8,13,16,18H,9-12,14-15H2,1-6H3,(H2,34,35,36,37). The van der Waals surface area contributed by atoms with E-state index < -0.39 is 39.3 Å². The highest BCUT2D eigenvalue weighted by Crippen LogP contribution is 2.41. The van der Waals surface area contributed by atoms with E-state index in [-0.39, 0.29) is 60.6 Å². The van der Waals surface area contributed by atoms with Crippen molar-refractivity contribution in [3.63, 3.8) is 0 Å². The molecule has 0 saturated carbocycles. The number of rotatable bonds is 6. The van der Waals surface area contributed by atoms with Gasteiger partial charge in [-0.2, -0.15) is 35.6 Å². The van der Waals surface area contributed by atoms with Gasteiger partial charge in [0, 0.05) is 60.9 Å². The smallest absolute Gasteiger partial charge is 0.368 e. The second kappa shape index (κ2) is 11.3. The third-order valence-corrected chi connectivity index (χ3v) is 9.65. The predicted molar refractivity (Wildman–Crippen MR) is 153 cm³/mol. The fourth-order valence-corrected chi connectivity index (χ4v) is 6.76. The monoisotopic (exact) mass is 637 g/mol. The van der Waals surface area contributed by atoms with Crippen molar-refractivity contribution in [2.24, 2.45) is 0 Å². The lowest BCUT2D eigenvalue weighted by atomic mass is 9.77. The second-order valence-corrected chi connectivity index (χ2v) is 14.4. The Labute approximate surface area is 247 Å². The Balaban J connectivity index is 1.61. The number of aromatic nitrogens is 2. The highest BCUT2D eigenvalue weighted by Gasteiger charge is 2.44. The highest BCUT2D eigenvalue weighted by molar-refractivity contribution is 7.88. The lowest BCUT2D eigenvalue weighted by molar-refractivity contribution is -0.138. The molecule has 2 aliphatic rings. The van der Waals surface area contributed by atoms with Gasteiger partial charge in [0.2, 0.25) is 16.0 Å². The highest BCUT2D eigenvalue weighted by atomic mass is 32.2. The van der Waals surface area contributed by atoms with Crippen LogP contribution in [0.15, 0.2) is 24.4 Å². The Kier molecular flexibility index (Phi) is 8.65. The molecule has 43 heavy (non-hydrogen) atoms. The molecule has 0 aliphatic carbocycles. The Bertz CT molecular complexity index is 1420. The maximum Gasteiger partial charge on any atom is 0.421 e. The van der Waals surface area contributed by atoms with Crippen LogP contribution in [-0.4, -0.2) is 84.2 Å². The van der Waals surface area contributed by atoms with Gasteiger partial charge >= 0.3 is 12.4 Å². The number of nitrogens with one attached hydrogen (secondary N) is 2. The van der Waals surface area contributed by atoms with Crippen molar-refractivity contribution in [2.75, 3.05) is 55.0 Å². The van der Waals surface area contributed by atoms with Crippen LogP contribution < -0.4 is 15.5 Å². The number of piperazine rings is 1. The molecule has 4 rings (SSSR count). The molecule has 9 nitrogen and oxygen atoms in total. The van der Waals surface area contributed by atoms with Gasteiger partial charge in [-0.05, 0) is 65.8 Å². The minimum absolute atomic E-state index is 0.0386. The second-order valence-electron chi connectivity index (χ2n) is 12.4. The number of alkyl halides is 6. The zero-order chi connectivity index (χ0) is 32.2. The van der Waals surface area contributed by atoms with Gasteiger partial charge in [-0.15, -0.1) is 0 Å². The first-order chi connectivity index (χ1) is 19.6. The first-order valence-corrected chi connectivity index (χ1v) is 15.6. The van der Waals surface area contributed by atoms with Crippen LogP contribution in [0.1, 0.15) is 51.7 Å². The Morgan fingerprint density at radius 3 is 1.98 bits per heavy atom. The van der Waals surface area contributed by atoms with Crippen LogP contribution in [-0.2, 0) is 22.4 Å². The maximum atomic E-state index is 14.1. The molecule has 2 fully saturated rings. The minimum Gasteiger partial charge on any atom is -0.368 e. The summed E-state index contributed by atoms with van der Waals surface area (Å²) in [6.07, 6.45) is -6.79. The SMILES string of the molecule is CN1C(C)(C)CC(Nc2nc(Nc3ccc(N4CCN(S(C)(=O)=O)CC4)c(C(F)(F)F)c3)ncc2C(F)(F)F)CC1(C)C. The number of hydrogen-bond donors (Lipinski definition) is 2. The molecule has 0 atom stereocenters. The molecule has 2 N–H and O–H groups in total. The normalized spacial score (nSPS) is 20.7. The van der Waals surface area contributed by atoms with Gasteiger partial charge in [0.05, 0.1) is 11.8 Å². The molecule has 0 unspecified atom stereocenters. The van der Waals surface area contributed by atoms with Crippen LogP contribution in [0.4, 0.5) is 49.5 Å². The number of sulfonamides is 1. The van der Waals surface area contributed by atoms with Gasteiger partial charge in [-0.1, -0.05) is 0 Å². The Hall–Kier alpha value is -2.85. The molecule has 0 spiro atoms. The van der Waals surface area contributed by atoms with Crippen molar-refractivity contribution >= 4 is 33.2 Å². The third-order valence-electron chi connectivity index (χ3n) is 8.35. The number of likely N-dealkylation sites (tertiary alicyclic amines) is 1. The van der Waals surface area contributed by atoms with Crippen molar-refractivity contribution in [3.05, 3.63) is 35.5 Å². The summed E-state index contributed by atoms with van der Waals surface area (Å²) >= 11 is 0. The summed E-state index contributed by atoms with van der Waals surface area (Å²) in [5.74, 6) is -0.757. The van der Waals surface area contributed by atoms with Crippen LogP contribution in [0.3, 0.4) is 0 Å². The van der Waals surface area contributed by atoms with Crippen LogP contribution in [0.25, 0.3) is 0 Å². The van der Waals surface area contributed by atoms with E-state index in [0.717, 1.165) is 12.3 Å². The first kappa shape index (κ1) is 33.1. The number of halogens is 6. The summed E-state index contributed by atoms with van der Waals surface area (Å²) in [5.41, 5.74) is -2.90. The topological polar surface area (TPSA) is 93.7 Å². The Morgan fingerprint density at radius 2 is 1.47 bits per heavy atom. The molecular formula is C27H37F6N7O2S. The first-order valence-electron chi connectivity index (χ1n) is 13.7. The molecule has 1 aromatic heterocycles. The van der Waals surface area contributed by atoms with Crippen LogP contribution in [0, 0.1) is 0 Å². The summed E-state index contributed by atoms with van der Waals surface area (Å²) in [6.45, 7) is 8.23. The lowest BCUT2D eigenvalue weighted by Gasteiger charge is -2.53. The Morgan fingerprint density at radius 1 is 0.907 bits per heavy atom. The predicted octanol–water partition coefficient (Wildman–Crippen LogP) is 5.40. The summed E-state index contributed by atoms with van der Waals surface area (Å²) < 4.78 is 109. The fraction of sp³-hybridized carbons (Fsp3) is 0.630. The van der Waals surface area contributed by atoms with Gasteiger partial charge < -0.3 is 15.5 Å². The number of piperidine rings is 1. The van der Waals surface area contributed by atoms with Crippen LogP contribution in [0.5, 0.6) is 0 Å². The van der Waals surface area contributed by atoms with Gasteiger partial charge in [-0.3, -0.25) is 4.90 Å². The summed E-state index contributed by atoms with van der Waals surface area (Å²) in [4.78, 5) is 11.4. The van der Waals surface area contributed by atoms with Crippen molar-refractivity contribution in [1.29, 1.82) is 0 Å². The van der Waals surface area contributed by atoms with Crippen molar-refractivity contribution in [1.82, 2.24) is 19.2 Å². The van der Waals surface area contributed by atoms with Gasteiger partial charge in [0.1, 0.15) is 11.4 Å². The molecule has 0 amide bonds. The average Bonchev–Trinajstić information content (AvgIpc) is 2.85. The summed E-state index contributed by atoms with van der Waals surface area (Å²) in [7, 11) is -1.50. The van der Waals surface area contributed by atoms with E-state index in [1.807, 2.05) is 34.7 Å². The van der Waals surface area contributed by atoms with E-state index in [1.165, 1.54) is 21.3 Å². The number of anilines is 4.